The molecule has 0 spiro atoms. The zero-order chi connectivity index (χ0) is 19.3. The van der Waals surface area contributed by atoms with Crippen LogP contribution in [0, 0.1) is 11.3 Å². The molecule has 0 aliphatic rings. The molecule has 7 heteroatoms. The average molecular weight is 432 g/mol. The molecule has 0 radical (unpaired) electrons. The Hall–Kier alpha value is -2.14. The van der Waals surface area contributed by atoms with Crippen molar-refractivity contribution in [3.8, 4) is 17.3 Å². The molecule has 0 aliphatic carbocycles. The standard InChI is InChI=1S/C18H14BrN3OS.CH4O/c1-18(2,11-23)24-17-5-6-21-9-14(17)15-4-3-12(8-20)16-7-13(19)10-22(15)16;1-2/h3-7,9-11H,1-2H3;2H,1H3. The van der Waals surface area contributed by atoms with Gasteiger partial charge in [-0.2, -0.15) is 5.26 Å². The number of rotatable bonds is 4. The molecule has 0 aromatic carbocycles. The second kappa shape index (κ2) is 8.49. The summed E-state index contributed by atoms with van der Waals surface area (Å²) in [6, 6.07) is 9.76. The fourth-order valence-electron chi connectivity index (χ4n) is 2.45. The van der Waals surface area contributed by atoms with Gasteiger partial charge in [0, 0.05) is 40.6 Å². The Morgan fingerprint density at radius 3 is 2.73 bits per heavy atom. The molecule has 3 aromatic heterocycles. The van der Waals surface area contributed by atoms with Crippen molar-refractivity contribution in [2.45, 2.75) is 23.5 Å². The van der Waals surface area contributed by atoms with E-state index in [1.807, 2.05) is 48.7 Å². The Bertz CT molecular complexity index is 977. The van der Waals surface area contributed by atoms with Gasteiger partial charge in [0.05, 0.1) is 21.5 Å². The molecular formula is C19H18BrN3O2S. The molecule has 0 atom stereocenters. The van der Waals surface area contributed by atoms with Crippen LogP contribution in [0.1, 0.15) is 19.4 Å². The summed E-state index contributed by atoms with van der Waals surface area (Å²) < 4.78 is 2.34. The van der Waals surface area contributed by atoms with Gasteiger partial charge in [-0.15, -0.1) is 11.8 Å². The van der Waals surface area contributed by atoms with Gasteiger partial charge < -0.3 is 14.3 Å². The minimum absolute atomic E-state index is 0.529. The van der Waals surface area contributed by atoms with Crippen LogP contribution < -0.4 is 0 Å². The maximum atomic E-state index is 11.3. The third kappa shape index (κ3) is 4.15. The lowest BCUT2D eigenvalue weighted by molar-refractivity contribution is -0.109. The molecule has 26 heavy (non-hydrogen) atoms. The van der Waals surface area contributed by atoms with E-state index < -0.39 is 4.75 Å². The number of aromatic nitrogens is 2. The van der Waals surface area contributed by atoms with Crippen LogP contribution in [-0.2, 0) is 4.79 Å². The Labute approximate surface area is 164 Å². The largest absolute Gasteiger partial charge is 0.400 e. The minimum atomic E-state index is -0.529. The van der Waals surface area contributed by atoms with Gasteiger partial charge in [0.2, 0.25) is 0 Å². The summed E-state index contributed by atoms with van der Waals surface area (Å²) in [4.78, 5) is 16.5. The molecule has 0 amide bonds. The first-order chi connectivity index (χ1) is 12.4. The van der Waals surface area contributed by atoms with Crippen molar-refractivity contribution in [3.63, 3.8) is 0 Å². The molecule has 3 heterocycles. The van der Waals surface area contributed by atoms with Crippen molar-refractivity contribution in [1.29, 1.82) is 5.26 Å². The van der Waals surface area contributed by atoms with E-state index in [0.29, 0.717) is 5.56 Å². The van der Waals surface area contributed by atoms with Crippen molar-refractivity contribution in [2.75, 3.05) is 7.11 Å². The molecular weight excluding hydrogens is 414 g/mol. The minimum Gasteiger partial charge on any atom is -0.400 e. The number of aliphatic hydroxyl groups excluding tert-OH is 1. The van der Waals surface area contributed by atoms with Crippen molar-refractivity contribution in [2.24, 2.45) is 0 Å². The van der Waals surface area contributed by atoms with Gasteiger partial charge in [-0.25, -0.2) is 0 Å². The molecule has 0 aliphatic heterocycles. The fourth-order valence-corrected chi connectivity index (χ4v) is 3.88. The van der Waals surface area contributed by atoms with E-state index >= 15 is 0 Å². The van der Waals surface area contributed by atoms with Crippen LogP contribution in [-0.4, -0.2) is 32.6 Å². The molecule has 0 bridgehead atoms. The number of carbonyl (C=O) groups is 1. The molecule has 3 rings (SSSR count). The zero-order valence-electron chi connectivity index (χ0n) is 14.6. The lowest BCUT2D eigenvalue weighted by Crippen LogP contribution is -2.16. The van der Waals surface area contributed by atoms with E-state index in [-0.39, 0.29) is 0 Å². The normalized spacial score (nSPS) is 10.8. The quantitative estimate of drug-likeness (QED) is 0.491. The zero-order valence-corrected chi connectivity index (χ0v) is 17.0. The van der Waals surface area contributed by atoms with Crippen LogP contribution in [0.25, 0.3) is 16.8 Å². The number of carbonyl (C=O) groups excluding carboxylic acids is 1. The number of aliphatic hydroxyl groups is 1. The van der Waals surface area contributed by atoms with Gasteiger partial charge in [0.15, 0.2) is 0 Å². The van der Waals surface area contributed by atoms with Gasteiger partial charge in [-0.05, 0) is 54.0 Å². The number of nitriles is 1. The van der Waals surface area contributed by atoms with E-state index in [2.05, 4.69) is 27.0 Å². The number of thioether (sulfide) groups is 1. The summed E-state index contributed by atoms with van der Waals surface area (Å²) in [6.07, 6.45) is 6.39. The number of aldehydes is 1. The van der Waals surface area contributed by atoms with E-state index in [0.717, 1.165) is 39.5 Å². The summed E-state index contributed by atoms with van der Waals surface area (Å²) in [5.41, 5.74) is 3.29. The third-order valence-corrected chi connectivity index (χ3v) is 5.20. The first-order valence-corrected chi connectivity index (χ1v) is 9.31. The lowest BCUT2D eigenvalue weighted by atomic mass is 10.1. The SMILES string of the molecule is CC(C)(C=O)Sc1ccncc1-c1ccc(C#N)c2cc(Br)cn12.CO. The predicted octanol–water partition coefficient (Wildman–Crippen LogP) is 4.31. The van der Waals surface area contributed by atoms with E-state index in [1.165, 1.54) is 11.8 Å². The van der Waals surface area contributed by atoms with Crippen LogP contribution in [0.5, 0.6) is 0 Å². The number of halogens is 1. The number of hydrogen-bond acceptors (Lipinski definition) is 5. The molecule has 134 valence electrons. The number of hydrogen-bond donors (Lipinski definition) is 1. The monoisotopic (exact) mass is 431 g/mol. The number of nitrogens with zero attached hydrogens (tertiary/aromatic N) is 3. The van der Waals surface area contributed by atoms with Crippen LogP contribution in [0.15, 0.2) is 52.2 Å². The van der Waals surface area contributed by atoms with Crippen molar-refractivity contribution in [1.82, 2.24) is 9.38 Å². The molecule has 3 aromatic rings. The van der Waals surface area contributed by atoms with Gasteiger partial charge in [0.25, 0.3) is 0 Å². The number of pyridine rings is 2. The number of fused-ring (bicyclic) bond motifs is 1. The molecule has 0 unspecified atom stereocenters. The topological polar surface area (TPSA) is 78.4 Å². The van der Waals surface area contributed by atoms with Crippen LogP contribution in [0.2, 0.25) is 0 Å². The van der Waals surface area contributed by atoms with E-state index in [4.69, 9.17) is 5.11 Å². The molecule has 5 nitrogen and oxygen atoms in total. The van der Waals surface area contributed by atoms with Gasteiger partial charge in [-0.3, -0.25) is 4.98 Å². The maximum Gasteiger partial charge on any atom is 0.135 e. The molecule has 0 fully saturated rings. The average Bonchev–Trinajstić information content (AvgIpc) is 3.04. The molecule has 0 saturated carbocycles. The Balaban J connectivity index is 0.00000117. The summed E-state index contributed by atoms with van der Waals surface area (Å²) in [6.45, 7) is 3.77. The highest BCUT2D eigenvalue weighted by molar-refractivity contribution is 9.10. The smallest absolute Gasteiger partial charge is 0.135 e. The Morgan fingerprint density at radius 2 is 2.08 bits per heavy atom. The first kappa shape index (κ1) is 20.2. The summed E-state index contributed by atoms with van der Waals surface area (Å²) in [5.74, 6) is 0. The Kier molecular flexibility index (Phi) is 6.59. The second-order valence-corrected chi connectivity index (χ2v) is 8.46. The molecule has 1 N–H and O–H groups in total. The summed E-state index contributed by atoms with van der Waals surface area (Å²) in [5, 5.41) is 16.3. The van der Waals surface area contributed by atoms with Crippen LogP contribution >= 0.6 is 27.7 Å². The van der Waals surface area contributed by atoms with Crippen LogP contribution in [0.3, 0.4) is 0 Å². The Morgan fingerprint density at radius 1 is 1.35 bits per heavy atom. The summed E-state index contributed by atoms with van der Waals surface area (Å²) >= 11 is 4.97. The van der Waals surface area contributed by atoms with Crippen molar-refractivity contribution in [3.05, 3.63) is 52.9 Å². The molecule has 0 saturated heterocycles. The fraction of sp³-hybridized carbons (Fsp3) is 0.211. The van der Waals surface area contributed by atoms with Gasteiger partial charge in [0.1, 0.15) is 12.4 Å². The predicted molar refractivity (Wildman–Crippen MR) is 107 cm³/mol. The van der Waals surface area contributed by atoms with Gasteiger partial charge in [-0.1, -0.05) is 0 Å². The second-order valence-electron chi connectivity index (χ2n) is 5.85. The summed E-state index contributed by atoms with van der Waals surface area (Å²) in [7, 11) is 1.00. The van der Waals surface area contributed by atoms with E-state index in [1.54, 1.807) is 12.4 Å². The van der Waals surface area contributed by atoms with E-state index in [9.17, 15) is 10.1 Å². The highest BCUT2D eigenvalue weighted by Gasteiger charge is 2.21. The maximum absolute atomic E-state index is 11.3. The lowest BCUT2D eigenvalue weighted by Gasteiger charge is -2.19. The first-order valence-electron chi connectivity index (χ1n) is 7.70. The van der Waals surface area contributed by atoms with Crippen molar-refractivity contribution >= 4 is 39.5 Å². The third-order valence-electron chi connectivity index (χ3n) is 3.56. The van der Waals surface area contributed by atoms with Crippen LogP contribution in [0.4, 0.5) is 0 Å². The van der Waals surface area contributed by atoms with Crippen molar-refractivity contribution < 1.29 is 9.90 Å². The highest BCUT2D eigenvalue weighted by atomic mass is 79.9. The highest BCUT2D eigenvalue weighted by Crippen LogP contribution is 2.38. The van der Waals surface area contributed by atoms with Gasteiger partial charge >= 0.3 is 0 Å².